The highest BCUT2D eigenvalue weighted by atomic mass is 15.4. The van der Waals surface area contributed by atoms with Crippen molar-refractivity contribution in [3.05, 3.63) is 36.5 Å². The van der Waals surface area contributed by atoms with Crippen molar-refractivity contribution in [1.82, 2.24) is 34.7 Å². The van der Waals surface area contributed by atoms with Gasteiger partial charge in [-0.2, -0.15) is 4.52 Å². The summed E-state index contributed by atoms with van der Waals surface area (Å²) in [5, 5.41) is 7.86. The van der Waals surface area contributed by atoms with Crippen LogP contribution in [0.5, 0.6) is 0 Å². The molecule has 0 bridgehead atoms. The van der Waals surface area contributed by atoms with Gasteiger partial charge in [-0.25, -0.2) is 15.0 Å². The molecule has 0 radical (unpaired) electrons. The highest BCUT2D eigenvalue weighted by Gasteiger charge is 2.13. The first-order valence-corrected chi connectivity index (χ1v) is 9.45. The molecule has 9 heteroatoms. The molecule has 1 fully saturated rings. The van der Waals surface area contributed by atoms with Crippen LogP contribution in [-0.2, 0) is 0 Å². The number of nitrogen functional groups attached to an aromatic ring is 1. The summed E-state index contributed by atoms with van der Waals surface area (Å²) >= 11 is 0. The number of nitrogens with zero attached hydrogens (tertiary/aromatic N) is 7. The summed E-state index contributed by atoms with van der Waals surface area (Å²) in [5.41, 5.74) is 8.14. The summed E-state index contributed by atoms with van der Waals surface area (Å²) in [6, 6.07) is 9.79. The highest BCUT2D eigenvalue weighted by molar-refractivity contribution is 5.73. The Bertz CT molecular complexity index is 945. The van der Waals surface area contributed by atoms with Crippen molar-refractivity contribution in [3.63, 3.8) is 0 Å². The fourth-order valence-electron chi connectivity index (χ4n) is 3.13. The number of fused-ring (bicyclic) bond motifs is 1. The van der Waals surface area contributed by atoms with Crippen LogP contribution < -0.4 is 11.1 Å². The molecule has 4 rings (SSSR count). The average Bonchev–Trinajstić information content (AvgIpc) is 3.20. The normalized spacial score (nSPS) is 15.5. The van der Waals surface area contributed by atoms with E-state index in [1.165, 1.54) is 4.52 Å². The van der Waals surface area contributed by atoms with E-state index in [9.17, 15) is 0 Å². The molecule has 1 aliphatic rings. The number of aromatic nitrogens is 4. The summed E-state index contributed by atoms with van der Waals surface area (Å²) in [6.45, 7) is 6.23. The minimum Gasteiger partial charge on any atom is -0.368 e. The largest absolute Gasteiger partial charge is 0.368 e. The molecule has 0 atom stereocenters. The molecule has 0 aliphatic carbocycles. The molecule has 3 heterocycles. The molecule has 3 N–H and O–H groups in total. The van der Waals surface area contributed by atoms with Crippen LogP contribution >= 0.6 is 0 Å². The van der Waals surface area contributed by atoms with Crippen molar-refractivity contribution in [2.24, 2.45) is 4.99 Å². The third-order valence-electron chi connectivity index (χ3n) is 4.78. The number of aliphatic imine (C=N–C) groups is 1. The Balaban J connectivity index is 1.50. The minimum absolute atomic E-state index is 0.288. The molecule has 2 aromatic heterocycles. The van der Waals surface area contributed by atoms with Crippen molar-refractivity contribution in [2.45, 2.75) is 0 Å². The Hall–Kier alpha value is -3.04. The van der Waals surface area contributed by atoms with Crippen LogP contribution in [0.1, 0.15) is 0 Å². The van der Waals surface area contributed by atoms with E-state index in [4.69, 9.17) is 5.73 Å². The first-order chi connectivity index (χ1) is 13.7. The number of benzene rings is 1. The van der Waals surface area contributed by atoms with E-state index in [2.05, 4.69) is 35.2 Å². The van der Waals surface area contributed by atoms with Crippen LogP contribution in [0.4, 0.5) is 11.6 Å². The van der Waals surface area contributed by atoms with Gasteiger partial charge in [0.1, 0.15) is 5.69 Å². The Morgan fingerprint density at radius 3 is 2.82 bits per heavy atom. The van der Waals surface area contributed by atoms with Gasteiger partial charge in [0.2, 0.25) is 5.95 Å². The lowest BCUT2D eigenvalue weighted by atomic mass is 10.2. The lowest BCUT2D eigenvalue weighted by molar-refractivity contribution is 0.228. The van der Waals surface area contributed by atoms with Gasteiger partial charge in [0.15, 0.2) is 11.5 Å². The van der Waals surface area contributed by atoms with E-state index in [1.807, 2.05) is 43.7 Å². The van der Waals surface area contributed by atoms with Crippen molar-refractivity contribution >= 4 is 23.6 Å². The summed E-state index contributed by atoms with van der Waals surface area (Å²) in [5.74, 6) is 0.888. The van der Waals surface area contributed by atoms with Gasteiger partial charge in [-0.1, -0.05) is 30.3 Å². The monoisotopic (exact) mass is 379 g/mol. The quantitative estimate of drug-likeness (QED) is 0.484. The molecule has 0 amide bonds. The fraction of sp³-hybridized carbons (Fsp3) is 0.368. The Kier molecular flexibility index (Phi) is 5.45. The molecule has 1 aromatic carbocycles. The summed E-state index contributed by atoms with van der Waals surface area (Å²) in [7, 11) is 2.02. The molecular weight excluding hydrogens is 354 g/mol. The lowest BCUT2D eigenvalue weighted by Crippen LogP contribution is -2.45. The van der Waals surface area contributed by atoms with Gasteiger partial charge < -0.3 is 16.0 Å². The van der Waals surface area contributed by atoms with Crippen LogP contribution in [0.25, 0.3) is 17.0 Å². The summed E-state index contributed by atoms with van der Waals surface area (Å²) in [4.78, 5) is 17.9. The molecule has 3 aromatic rings. The smallest absolute Gasteiger partial charge is 0.223 e. The molecular formula is C19H25N9. The highest BCUT2D eigenvalue weighted by Crippen LogP contribution is 2.23. The minimum atomic E-state index is 0.288. The van der Waals surface area contributed by atoms with E-state index in [1.54, 1.807) is 6.20 Å². The number of rotatable bonds is 6. The van der Waals surface area contributed by atoms with E-state index in [0.29, 0.717) is 17.2 Å². The summed E-state index contributed by atoms with van der Waals surface area (Å²) < 4.78 is 1.54. The standard InChI is InChI=1S/C19H25N9/c1-26(11-12-27-9-7-21-8-10-27)14-23-16-13-22-19(20)28-18(16)24-17(25-28)15-5-3-2-4-6-15/h2-6,13-14,21H,7-12H2,1H3,(H2,20,22). The Morgan fingerprint density at radius 1 is 1.25 bits per heavy atom. The molecule has 0 spiro atoms. The first kappa shape index (κ1) is 18.3. The number of piperazine rings is 1. The maximum absolute atomic E-state index is 5.98. The lowest BCUT2D eigenvalue weighted by Gasteiger charge is -2.28. The zero-order chi connectivity index (χ0) is 19.3. The second-order valence-electron chi connectivity index (χ2n) is 6.86. The predicted octanol–water partition coefficient (Wildman–Crippen LogP) is 0.870. The Labute approximate surface area is 163 Å². The van der Waals surface area contributed by atoms with Crippen molar-refractivity contribution in [2.75, 3.05) is 52.0 Å². The van der Waals surface area contributed by atoms with Crippen molar-refractivity contribution in [1.29, 1.82) is 0 Å². The van der Waals surface area contributed by atoms with Gasteiger partial charge in [-0.3, -0.25) is 4.90 Å². The maximum atomic E-state index is 5.98. The van der Waals surface area contributed by atoms with Crippen LogP contribution in [-0.4, -0.2) is 82.0 Å². The second kappa shape index (κ2) is 8.32. The zero-order valence-corrected chi connectivity index (χ0v) is 16.0. The number of hydrogen-bond donors (Lipinski definition) is 2. The zero-order valence-electron chi connectivity index (χ0n) is 16.0. The van der Waals surface area contributed by atoms with Gasteiger partial charge >= 0.3 is 0 Å². The van der Waals surface area contributed by atoms with Crippen LogP contribution in [0.15, 0.2) is 41.5 Å². The molecule has 0 unspecified atom stereocenters. The predicted molar refractivity (Wildman–Crippen MR) is 111 cm³/mol. The van der Waals surface area contributed by atoms with Gasteiger partial charge in [-0.05, 0) is 0 Å². The third-order valence-corrected chi connectivity index (χ3v) is 4.78. The maximum Gasteiger partial charge on any atom is 0.223 e. The van der Waals surface area contributed by atoms with E-state index in [-0.39, 0.29) is 5.95 Å². The van der Waals surface area contributed by atoms with Crippen molar-refractivity contribution in [3.8, 4) is 11.4 Å². The van der Waals surface area contributed by atoms with E-state index < -0.39 is 0 Å². The molecule has 28 heavy (non-hydrogen) atoms. The SMILES string of the molecule is CN(C=Nc1cnc(N)n2nc(-c3ccccc3)nc12)CCN1CCNCC1. The number of nitrogens with one attached hydrogen (secondary N) is 1. The Morgan fingerprint density at radius 2 is 2.04 bits per heavy atom. The number of anilines is 1. The van der Waals surface area contributed by atoms with Crippen molar-refractivity contribution < 1.29 is 0 Å². The van der Waals surface area contributed by atoms with Gasteiger partial charge in [0.05, 0.1) is 12.5 Å². The fourth-order valence-corrected chi connectivity index (χ4v) is 3.13. The van der Waals surface area contributed by atoms with Gasteiger partial charge in [0, 0.05) is 51.9 Å². The molecule has 146 valence electrons. The second-order valence-corrected chi connectivity index (χ2v) is 6.86. The van der Waals surface area contributed by atoms with Crippen LogP contribution in [0.2, 0.25) is 0 Å². The van der Waals surface area contributed by atoms with Gasteiger partial charge in [-0.15, -0.1) is 5.10 Å². The number of nitrogens with two attached hydrogens (primary N) is 1. The molecule has 1 aliphatic heterocycles. The summed E-state index contributed by atoms with van der Waals surface area (Å²) in [6.07, 6.45) is 3.45. The van der Waals surface area contributed by atoms with Crippen LogP contribution in [0.3, 0.4) is 0 Å². The van der Waals surface area contributed by atoms with E-state index in [0.717, 1.165) is 44.8 Å². The van der Waals surface area contributed by atoms with Crippen LogP contribution in [0, 0.1) is 0 Å². The van der Waals surface area contributed by atoms with E-state index >= 15 is 0 Å². The molecule has 9 nitrogen and oxygen atoms in total. The molecule has 0 saturated carbocycles. The number of hydrogen-bond acceptors (Lipinski definition) is 7. The third kappa shape index (κ3) is 4.10. The topological polar surface area (TPSA) is 100.0 Å². The first-order valence-electron chi connectivity index (χ1n) is 9.45. The molecule has 1 saturated heterocycles. The number of likely N-dealkylation sites (N-methyl/N-ethyl adjacent to an activating group) is 1. The average molecular weight is 379 g/mol. The van der Waals surface area contributed by atoms with Gasteiger partial charge in [0.25, 0.3) is 0 Å².